The van der Waals surface area contributed by atoms with Crippen molar-refractivity contribution < 1.29 is 10.0 Å². The lowest BCUT2D eigenvalue weighted by Crippen LogP contribution is -2.54. The van der Waals surface area contributed by atoms with E-state index in [-0.39, 0.29) is 0 Å². The molecule has 1 aromatic heterocycles. The Balaban J connectivity index is 2.08. The molecule has 0 saturated carbocycles. The molecule has 0 bridgehead atoms. The number of nitrogens with two attached hydrogens (primary N) is 1. The molecule has 23 heavy (non-hydrogen) atoms. The van der Waals surface area contributed by atoms with Crippen molar-refractivity contribution in [1.29, 1.82) is 0 Å². The fraction of sp³-hybridized carbons (Fsp3) is 0.412. The van der Waals surface area contributed by atoms with Gasteiger partial charge in [0.2, 0.25) is 5.91 Å². The van der Waals surface area contributed by atoms with Crippen molar-refractivity contribution in [1.82, 2.24) is 15.0 Å². The number of hydrogen-bond donors (Lipinski definition) is 2. The standard InChI is InChI=1S/C17H21N4O2/c1-16(2)8-11(9-17(3,4)21(16)23)15-19-12-6-5-10(14(18)22)7-13(12)20-15/h5-8H,9H2,1-4H3,(H2,18,22)(H,19,20). The fourth-order valence-corrected chi connectivity index (χ4v) is 3.32. The number of hydroxylamine groups is 2. The first-order chi connectivity index (χ1) is 10.6. The molecule has 121 valence electrons. The number of primary amides is 1. The first kappa shape index (κ1) is 15.7. The van der Waals surface area contributed by atoms with Crippen molar-refractivity contribution in [3.63, 3.8) is 0 Å². The number of H-pyrrole nitrogens is 1. The van der Waals surface area contributed by atoms with Crippen LogP contribution in [-0.4, -0.2) is 32.0 Å². The maximum absolute atomic E-state index is 12.4. The van der Waals surface area contributed by atoms with E-state index in [1.54, 1.807) is 18.2 Å². The second kappa shape index (κ2) is 4.91. The van der Waals surface area contributed by atoms with E-state index in [1.165, 1.54) is 0 Å². The van der Waals surface area contributed by atoms with Crippen molar-refractivity contribution in [2.45, 2.75) is 45.2 Å². The van der Waals surface area contributed by atoms with Gasteiger partial charge in [0.1, 0.15) is 5.82 Å². The summed E-state index contributed by atoms with van der Waals surface area (Å²) in [6.07, 6.45) is 2.56. The van der Waals surface area contributed by atoms with Gasteiger partial charge in [-0.2, -0.15) is 0 Å². The molecule has 1 aromatic carbocycles. The summed E-state index contributed by atoms with van der Waals surface area (Å²) in [7, 11) is 0. The lowest BCUT2D eigenvalue weighted by molar-refractivity contribution is -0.260. The molecule has 0 saturated heterocycles. The minimum Gasteiger partial charge on any atom is -0.366 e. The van der Waals surface area contributed by atoms with Gasteiger partial charge in [0.25, 0.3) is 0 Å². The molecule has 0 aliphatic carbocycles. The first-order valence-corrected chi connectivity index (χ1v) is 7.59. The molecule has 1 amide bonds. The van der Waals surface area contributed by atoms with Crippen LogP contribution in [0, 0.1) is 0 Å². The Hall–Kier alpha value is -2.18. The van der Waals surface area contributed by atoms with Gasteiger partial charge in [-0.3, -0.25) is 4.79 Å². The van der Waals surface area contributed by atoms with E-state index in [0.717, 1.165) is 27.5 Å². The van der Waals surface area contributed by atoms with Gasteiger partial charge in [0.15, 0.2) is 0 Å². The van der Waals surface area contributed by atoms with Crippen molar-refractivity contribution in [3.05, 3.63) is 35.7 Å². The van der Waals surface area contributed by atoms with Crippen molar-refractivity contribution >= 4 is 22.5 Å². The van der Waals surface area contributed by atoms with Crippen LogP contribution in [0.5, 0.6) is 0 Å². The molecule has 2 heterocycles. The summed E-state index contributed by atoms with van der Waals surface area (Å²) in [6, 6.07) is 5.14. The minimum atomic E-state index is -0.603. The van der Waals surface area contributed by atoms with Crippen LogP contribution in [0.2, 0.25) is 0 Å². The van der Waals surface area contributed by atoms with Crippen LogP contribution < -0.4 is 5.73 Å². The lowest BCUT2D eigenvalue weighted by atomic mass is 9.82. The van der Waals surface area contributed by atoms with Crippen LogP contribution in [0.25, 0.3) is 16.6 Å². The number of amides is 1. The number of imidazole rings is 1. The van der Waals surface area contributed by atoms with Crippen molar-refractivity contribution in [2.75, 3.05) is 0 Å². The predicted molar refractivity (Wildman–Crippen MR) is 87.9 cm³/mol. The van der Waals surface area contributed by atoms with Gasteiger partial charge in [-0.05, 0) is 57.9 Å². The van der Waals surface area contributed by atoms with Crippen molar-refractivity contribution in [2.24, 2.45) is 5.73 Å². The van der Waals surface area contributed by atoms with E-state index in [1.807, 2.05) is 33.8 Å². The second-order valence-electron chi connectivity index (χ2n) is 7.29. The molecule has 1 aliphatic heterocycles. The van der Waals surface area contributed by atoms with Crippen LogP contribution in [0.4, 0.5) is 0 Å². The summed E-state index contributed by atoms with van der Waals surface area (Å²) in [5.74, 6) is 0.264. The third-order valence-electron chi connectivity index (χ3n) is 4.29. The molecule has 1 radical (unpaired) electrons. The lowest BCUT2D eigenvalue weighted by Gasteiger charge is -2.45. The quantitative estimate of drug-likeness (QED) is 0.892. The third kappa shape index (κ3) is 2.64. The number of nitrogens with zero attached hydrogens (tertiary/aromatic N) is 2. The smallest absolute Gasteiger partial charge is 0.248 e. The molecular weight excluding hydrogens is 292 g/mol. The summed E-state index contributed by atoms with van der Waals surface area (Å²) in [4.78, 5) is 19.1. The van der Waals surface area contributed by atoms with E-state index in [2.05, 4.69) is 9.97 Å². The van der Waals surface area contributed by atoms with Gasteiger partial charge in [-0.25, -0.2) is 4.98 Å². The molecular formula is C17H21N4O2. The third-order valence-corrected chi connectivity index (χ3v) is 4.29. The highest BCUT2D eigenvalue weighted by Gasteiger charge is 2.42. The van der Waals surface area contributed by atoms with Gasteiger partial charge in [-0.15, -0.1) is 10.3 Å². The number of carbonyl (C=O) groups excluding carboxylic acids is 1. The van der Waals surface area contributed by atoms with E-state index in [9.17, 15) is 10.0 Å². The Morgan fingerprint density at radius 3 is 2.61 bits per heavy atom. The zero-order chi connectivity index (χ0) is 17.0. The molecule has 0 fully saturated rings. The number of hydrogen-bond acceptors (Lipinski definition) is 3. The zero-order valence-electron chi connectivity index (χ0n) is 13.8. The monoisotopic (exact) mass is 313 g/mol. The Kier molecular flexibility index (Phi) is 3.35. The van der Waals surface area contributed by atoms with E-state index >= 15 is 0 Å². The normalized spacial score (nSPS) is 20.5. The number of rotatable bonds is 2. The Labute approximate surface area is 135 Å². The Morgan fingerprint density at radius 2 is 2.00 bits per heavy atom. The number of fused-ring (bicyclic) bond motifs is 1. The minimum absolute atomic E-state index is 0.441. The van der Waals surface area contributed by atoms with Gasteiger partial charge >= 0.3 is 0 Å². The molecule has 3 N–H and O–H groups in total. The maximum atomic E-state index is 12.4. The van der Waals surface area contributed by atoms with Gasteiger partial charge in [-0.1, -0.05) is 6.08 Å². The summed E-state index contributed by atoms with van der Waals surface area (Å²) in [5, 5.41) is 13.6. The molecule has 3 rings (SSSR count). The Bertz CT molecular complexity index is 817. The highest BCUT2D eigenvalue weighted by atomic mass is 16.5. The Morgan fingerprint density at radius 1 is 1.30 bits per heavy atom. The van der Waals surface area contributed by atoms with Crippen LogP contribution >= 0.6 is 0 Å². The zero-order valence-corrected chi connectivity index (χ0v) is 13.8. The molecule has 2 aromatic rings. The molecule has 0 spiro atoms. The van der Waals surface area contributed by atoms with E-state index < -0.39 is 17.0 Å². The number of carbonyl (C=O) groups is 1. The maximum Gasteiger partial charge on any atom is 0.248 e. The van der Waals surface area contributed by atoms with Gasteiger partial charge < -0.3 is 10.7 Å². The SMILES string of the molecule is CC1(C)C=C(c2nc3ccc(C(N)=O)cc3[nH]2)CC(C)(C)N1[O]. The average Bonchev–Trinajstić information content (AvgIpc) is 2.86. The molecule has 0 unspecified atom stereocenters. The van der Waals surface area contributed by atoms with Crippen LogP contribution in [-0.2, 0) is 5.21 Å². The summed E-state index contributed by atoms with van der Waals surface area (Å²) in [6.45, 7) is 7.66. The summed E-state index contributed by atoms with van der Waals surface area (Å²) >= 11 is 0. The van der Waals surface area contributed by atoms with Crippen LogP contribution in [0.15, 0.2) is 24.3 Å². The first-order valence-electron chi connectivity index (χ1n) is 7.59. The van der Waals surface area contributed by atoms with E-state index in [0.29, 0.717) is 12.0 Å². The van der Waals surface area contributed by atoms with Crippen molar-refractivity contribution in [3.8, 4) is 0 Å². The molecule has 6 nitrogen and oxygen atoms in total. The topological polar surface area (TPSA) is 94.9 Å². The van der Waals surface area contributed by atoms with Crippen LogP contribution in [0.1, 0.15) is 50.3 Å². The number of aromatic nitrogens is 2. The van der Waals surface area contributed by atoms with E-state index in [4.69, 9.17) is 5.73 Å². The van der Waals surface area contributed by atoms with Gasteiger partial charge in [0.05, 0.1) is 16.6 Å². The molecule has 0 atom stereocenters. The average molecular weight is 313 g/mol. The summed E-state index contributed by atoms with van der Waals surface area (Å²) in [5.41, 5.74) is 7.18. The fourth-order valence-electron chi connectivity index (χ4n) is 3.32. The summed E-state index contributed by atoms with van der Waals surface area (Å²) < 4.78 is 0. The number of aromatic amines is 1. The second-order valence-corrected chi connectivity index (χ2v) is 7.29. The molecule has 1 aliphatic rings. The number of nitrogens with one attached hydrogen (secondary N) is 1. The predicted octanol–water partition coefficient (Wildman–Crippen LogP) is 2.65. The largest absolute Gasteiger partial charge is 0.366 e. The van der Waals surface area contributed by atoms with Crippen LogP contribution in [0.3, 0.4) is 0 Å². The molecule has 6 heteroatoms. The van der Waals surface area contributed by atoms with Gasteiger partial charge in [0, 0.05) is 11.1 Å². The number of benzene rings is 1. The highest BCUT2D eigenvalue weighted by Crippen LogP contribution is 2.39. The highest BCUT2D eigenvalue weighted by molar-refractivity contribution is 5.96.